The Bertz CT molecular complexity index is 755. The van der Waals surface area contributed by atoms with Gasteiger partial charge in [0.15, 0.2) is 0 Å². The van der Waals surface area contributed by atoms with Crippen molar-refractivity contribution in [2.24, 2.45) is 0 Å². The Kier molecular flexibility index (Phi) is 8.04. The van der Waals surface area contributed by atoms with Crippen LogP contribution in [0.25, 0.3) is 0 Å². The molecule has 136 valence electrons. The first kappa shape index (κ1) is 20.6. The third-order valence-corrected chi connectivity index (χ3v) is 4.76. The summed E-state index contributed by atoms with van der Waals surface area (Å²) in [6.07, 6.45) is 1.96. The summed E-state index contributed by atoms with van der Waals surface area (Å²) >= 11 is 0. The highest BCUT2D eigenvalue weighted by molar-refractivity contribution is 7.89. The van der Waals surface area contributed by atoms with E-state index in [-0.39, 0.29) is 10.5 Å². The molecule has 0 heterocycles. The number of nitriles is 1. The first-order valence-electron chi connectivity index (χ1n) is 7.71. The van der Waals surface area contributed by atoms with Crippen molar-refractivity contribution >= 4 is 21.9 Å². The number of amides is 1. The van der Waals surface area contributed by atoms with E-state index in [9.17, 15) is 18.0 Å². The molecule has 9 heteroatoms. The maximum absolute atomic E-state index is 12.2. The molecule has 1 unspecified atom stereocenters. The van der Waals surface area contributed by atoms with Crippen LogP contribution in [0.4, 0.5) is 0 Å². The van der Waals surface area contributed by atoms with Gasteiger partial charge in [-0.15, -0.1) is 0 Å². The van der Waals surface area contributed by atoms with Crippen LogP contribution in [0.1, 0.15) is 31.7 Å². The van der Waals surface area contributed by atoms with Gasteiger partial charge in [-0.05, 0) is 24.6 Å². The van der Waals surface area contributed by atoms with Crippen LogP contribution in [-0.2, 0) is 24.3 Å². The summed E-state index contributed by atoms with van der Waals surface area (Å²) < 4.78 is 31.1. The Labute approximate surface area is 147 Å². The molecule has 0 saturated heterocycles. The summed E-state index contributed by atoms with van der Waals surface area (Å²) in [7, 11) is -2.72. The number of ether oxygens (including phenoxy) is 1. The lowest BCUT2D eigenvalue weighted by Crippen LogP contribution is -2.45. The quantitative estimate of drug-likeness (QED) is 0.618. The van der Waals surface area contributed by atoms with E-state index in [1.54, 1.807) is 0 Å². The van der Waals surface area contributed by atoms with Crippen LogP contribution in [0.5, 0.6) is 0 Å². The average Bonchev–Trinajstić information content (AvgIpc) is 2.62. The van der Waals surface area contributed by atoms with Gasteiger partial charge in [-0.1, -0.05) is 25.8 Å². The second kappa shape index (κ2) is 9.76. The van der Waals surface area contributed by atoms with Crippen LogP contribution in [0.3, 0.4) is 0 Å². The molecule has 0 radical (unpaired) electrons. The largest absolute Gasteiger partial charge is 0.467 e. The van der Waals surface area contributed by atoms with E-state index in [2.05, 4.69) is 14.8 Å². The van der Waals surface area contributed by atoms with Gasteiger partial charge in [0.2, 0.25) is 15.9 Å². The molecule has 1 atom stereocenters. The summed E-state index contributed by atoms with van der Waals surface area (Å²) in [6.45, 7) is 1.42. The van der Waals surface area contributed by atoms with Crippen LogP contribution >= 0.6 is 0 Å². The lowest BCUT2D eigenvalue weighted by atomic mass is 10.1. The van der Waals surface area contributed by atoms with Crippen molar-refractivity contribution in [3.05, 3.63) is 29.8 Å². The Morgan fingerprint density at radius 3 is 2.68 bits per heavy atom. The van der Waals surface area contributed by atoms with Crippen molar-refractivity contribution in [1.82, 2.24) is 10.0 Å². The Morgan fingerprint density at radius 2 is 2.08 bits per heavy atom. The third kappa shape index (κ3) is 6.52. The van der Waals surface area contributed by atoms with E-state index >= 15 is 0 Å². The Hall–Kier alpha value is -2.44. The zero-order chi connectivity index (χ0) is 18.9. The first-order chi connectivity index (χ1) is 11.8. The van der Waals surface area contributed by atoms with E-state index in [1.807, 2.05) is 13.0 Å². The van der Waals surface area contributed by atoms with Crippen molar-refractivity contribution in [3.8, 4) is 6.07 Å². The van der Waals surface area contributed by atoms with Crippen molar-refractivity contribution in [1.29, 1.82) is 5.26 Å². The van der Waals surface area contributed by atoms with E-state index < -0.39 is 34.5 Å². The van der Waals surface area contributed by atoms with Gasteiger partial charge in [0.1, 0.15) is 6.04 Å². The van der Waals surface area contributed by atoms with Gasteiger partial charge in [-0.3, -0.25) is 4.79 Å². The van der Waals surface area contributed by atoms with Crippen molar-refractivity contribution in [3.63, 3.8) is 0 Å². The molecule has 2 N–H and O–H groups in total. The van der Waals surface area contributed by atoms with E-state index in [0.717, 1.165) is 6.42 Å². The minimum Gasteiger partial charge on any atom is -0.467 e. The Balaban J connectivity index is 2.70. The zero-order valence-electron chi connectivity index (χ0n) is 14.1. The van der Waals surface area contributed by atoms with Gasteiger partial charge < -0.3 is 10.1 Å². The lowest BCUT2D eigenvalue weighted by Gasteiger charge is -2.16. The van der Waals surface area contributed by atoms with Gasteiger partial charge in [0.05, 0.1) is 30.2 Å². The number of benzene rings is 1. The molecule has 0 spiro atoms. The molecule has 8 nitrogen and oxygen atoms in total. The molecule has 0 aliphatic rings. The molecule has 0 aliphatic carbocycles. The molecular weight excluding hydrogens is 346 g/mol. The number of sulfonamides is 1. The summed E-state index contributed by atoms with van der Waals surface area (Å²) in [4.78, 5) is 23.5. The summed E-state index contributed by atoms with van der Waals surface area (Å²) in [5, 5.41) is 11.3. The number of carbonyl (C=O) groups is 2. The van der Waals surface area contributed by atoms with Crippen molar-refractivity contribution in [2.75, 3.05) is 13.7 Å². The number of carbonyl (C=O) groups excluding carboxylic acids is 2. The number of unbranched alkanes of at least 4 members (excludes halogenated alkanes) is 1. The minimum absolute atomic E-state index is 0.116. The molecule has 1 aromatic carbocycles. The maximum Gasteiger partial charge on any atom is 0.328 e. The number of nitrogens with one attached hydrogen (secondary N) is 2. The van der Waals surface area contributed by atoms with E-state index in [0.29, 0.717) is 12.8 Å². The van der Waals surface area contributed by atoms with Gasteiger partial charge in [0, 0.05) is 0 Å². The van der Waals surface area contributed by atoms with E-state index in [1.165, 1.54) is 31.4 Å². The fourth-order valence-electron chi connectivity index (χ4n) is 2.02. The van der Waals surface area contributed by atoms with Gasteiger partial charge in [-0.2, -0.15) is 5.26 Å². The zero-order valence-corrected chi connectivity index (χ0v) is 14.9. The molecule has 0 aromatic heterocycles. The monoisotopic (exact) mass is 367 g/mol. The topological polar surface area (TPSA) is 125 Å². The van der Waals surface area contributed by atoms with Crippen LogP contribution in [0.15, 0.2) is 29.2 Å². The number of methoxy groups -OCH3 is 1. The van der Waals surface area contributed by atoms with Crippen LogP contribution in [0.2, 0.25) is 0 Å². The number of esters is 1. The van der Waals surface area contributed by atoms with Gasteiger partial charge >= 0.3 is 5.97 Å². The average molecular weight is 367 g/mol. The predicted octanol–water partition coefficient (Wildman–Crippen LogP) is 0.685. The third-order valence-electron chi connectivity index (χ3n) is 3.36. The number of rotatable bonds is 9. The van der Waals surface area contributed by atoms with Crippen molar-refractivity contribution in [2.45, 2.75) is 37.1 Å². The molecule has 0 bridgehead atoms. The summed E-state index contributed by atoms with van der Waals surface area (Å²) in [6, 6.07) is 6.46. The van der Waals surface area contributed by atoms with Crippen LogP contribution < -0.4 is 10.0 Å². The maximum atomic E-state index is 12.2. The lowest BCUT2D eigenvalue weighted by molar-refractivity contribution is -0.145. The highest BCUT2D eigenvalue weighted by Gasteiger charge is 2.22. The smallest absolute Gasteiger partial charge is 0.328 e. The molecule has 1 aromatic rings. The highest BCUT2D eigenvalue weighted by Crippen LogP contribution is 2.10. The van der Waals surface area contributed by atoms with Gasteiger partial charge in [-0.25, -0.2) is 17.9 Å². The van der Waals surface area contributed by atoms with Crippen LogP contribution in [-0.4, -0.2) is 40.0 Å². The Morgan fingerprint density at radius 1 is 1.36 bits per heavy atom. The second-order valence-electron chi connectivity index (χ2n) is 5.25. The van der Waals surface area contributed by atoms with Gasteiger partial charge in [0.25, 0.3) is 0 Å². The fourth-order valence-corrected chi connectivity index (χ4v) is 3.05. The molecule has 0 saturated carbocycles. The summed E-state index contributed by atoms with van der Waals surface area (Å²) in [5.41, 5.74) is 0.192. The minimum atomic E-state index is -3.94. The standard InChI is InChI=1S/C16H21N3O5S/c1-3-4-8-14(16(21)24-2)19-15(20)11-18-25(22,23)13-7-5-6-12(9-13)10-17/h5-7,9,14,18H,3-4,8,11H2,1-2H3,(H,19,20). The molecule has 0 fully saturated rings. The predicted molar refractivity (Wildman–Crippen MR) is 89.8 cm³/mol. The SMILES string of the molecule is CCCCC(NC(=O)CNS(=O)(=O)c1cccc(C#N)c1)C(=O)OC. The van der Waals surface area contributed by atoms with Crippen LogP contribution in [0, 0.1) is 11.3 Å². The second-order valence-corrected chi connectivity index (χ2v) is 7.02. The molecule has 25 heavy (non-hydrogen) atoms. The number of nitrogens with zero attached hydrogens (tertiary/aromatic N) is 1. The van der Waals surface area contributed by atoms with E-state index in [4.69, 9.17) is 5.26 Å². The molecular formula is C16H21N3O5S. The number of hydrogen-bond donors (Lipinski definition) is 2. The molecule has 0 aliphatic heterocycles. The molecule has 1 rings (SSSR count). The summed E-state index contributed by atoms with van der Waals surface area (Å²) in [5.74, 6) is -1.22. The molecule has 1 amide bonds. The first-order valence-corrected chi connectivity index (χ1v) is 9.19. The fraction of sp³-hybridized carbons (Fsp3) is 0.438. The highest BCUT2D eigenvalue weighted by atomic mass is 32.2. The number of hydrogen-bond acceptors (Lipinski definition) is 6. The normalized spacial score (nSPS) is 12.0. The van der Waals surface area contributed by atoms with Crippen molar-refractivity contribution < 1.29 is 22.7 Å².